The standard InChI is InChI=1S/C17H20N6OS2/c18-8-12-11-4-2-1-3-5-13(11)26-16(12)20-14(24)9-25-17-22-21-15(23(17)19)10-6-7-10/h10H,1-7,9,19H2,(H,20,24). The van der Waals surface area contributed by atoms with Crippen molar-refractivity contribution in [1.82, 2.24) is 14.9 Å². The Balaban J connectivity index is 1.41. The normalized spacial score (nSPS) is 16.6. The molecule has 7 nitrogen and oxygen atoms in total. The number of nitrogens with two attached hydrogens (primary N) is 1. The second-order valence-electron chi connectivity index (χ2n) is 6.70. The number of nitrogens with one attached hydrogen (secondary N) is 1. The monoisotopic (exact) mass is 388 g/mol. The molecule has 3 N–H and O–H groups in total. The molecular formula is C17H20N6OS2. The van der Waals surface area contributed by atoms with E-state index in [-0.39, 0.29) is 11.7 Å². The molecule has 0 aliphatic heterocycles. The highest BCUT2D eigenvalue weighted by atomic mass is 32.2. The van der Waals surface area contributed by atoms with Gasteiger partial charge in [-0.25, -0.2) is 4.68 Å². The average molecular weight is 389 g/mol. The van der Waals surface area contributed by atoms with Crippen molar-refractivity contribution in [2.24, 2.45) is 0 Å². The van der Waals surface area contributed by atoms with Crippen LogP contribution in [0, 0.1) is 11.3 Å². The first-order valence-corrected chi connectivity index (χ1v) is 10.6. The van der Waals surface area contributed by atoms with Gasteiger partial charge in [-0.3, -0.25) is 4.79 Å². The molecule has 0 atom stereocenters. The molecule has 0 radical (unpaired) electrons. The Hall–Kier alpha value is -2.05. The van der Waals surface area contributed by atoms with Crippen molar-refractivity contribution in [3.05, 3.63) is 21.8 Å². The van der Waals surface area contributed by atoms with Gasteiger partial charge in [0.25, 0.3) is 0 Å². The first kappa shape index (κ1) is 17.4. The van der Waals surface area contributed by atoms with E-state index in [4.69, 9.17) is 5.84 Å². The highest BCUT2D eigenvalue weighted by Crippen LogP contribution is 2.39. The highest BCUT2D eigenvalue weighted by molar-refractivity contribution is 7.99. The van der Waals surface area contributed by atoms with Gasteiger partial charge in [0.2, 0.25) is 11.1 Å². The van der Waals surface area contributed by atoms with Crippen LogP contribution in [0.25, 0.3) is 0 Å². The third kappa shape index (κ3) is 3.44. The molecule has 2 heterocycles. The third-order valence-corrected chi connectivity index (χ3v) is 6.90. The summed E-state index contributed by atoms with van der Waals surface area (Å²) in [5, 5.41) is 21.9. The molecule has 0 spiro atoms. The minimum Gasteiger partial charge on any atom is -0.336 e. The average Bonchev–Trinajstić information content (AvgIpc) is 3.37. The molecule has 2 aromatic heterocycles. The molecular weight excluding hydrogens is 368 g/mol. The van der Waals surface area contributed by atoms with Gasteiger partial charge in [-0.05, 0) is 44.1 Å². The van der Waals surface area contributed by atoms with Crippen LogP contribution in [0.4, 0.5) is 5.00 Å². The van der Waals surface area contributed by atoms with Crippen molar-refractivity contribution in [2.75, 3.05) is 16.9 Å². The number of aryl methyl sites for hydroxylation is 1. The maximum atomic E-state index is 12.4. The van der Waals surface area contributed by atoms with Crippen LogP contribution in [0.1, 0.15) is 59.9 Å². The maximum absolute atomic E-state index is 12.4. The first-order chi connectivity index (χ1) is 12.7. The molecule has 4 rings (SSSR count). The van der Waals surface area contributed by atoms with Crippen molar-refractivity contribution in [1.29, 1.82) is 5.26 Å². The van der Waals surface area contributed by atoms with Crippen molar-refractivity contribution >= 4 is 34.0 Å². The van der Waals surface area contributed by atoms with Gasteiger partial charge in [-0.2, -0.15) is 5.26 Å². The predicted molar refractivity (Wildman–Crippen MR) is 102 cm³/mol. The topological polar surface area (TPSA) is 110 Å². The Morgan fingerprint density at radius 2 is 2.15 bits per heavy atom. The van der Waals surface area contributed by atoms with E-state index in [9.17, 15) is 10.1 Å². The molecule has 26 heavy (non-hydrogen) atoms. The number of nitriles is 1. The lowest BCUT2D eigenvalue weighted by atomic mass is 10.1. The minimum atomic E-state index is -0.154. The largest absolute Gasteiger partial charge is 0.336 e. The van der Waals surface area contributed by atoms with E-state index in [2.05, 4.69) is 21.6 Å². The quantitative estimate of drug-likeness (QED) is 0.463. The van der Waals surface area contributed by atoms with Gasteiger partial charge < -0.3 is 11.2 Å². The number of thiophene rings is 1. The summed E-state index contributed by atoms with van der Waals surface area (Å²) in [4.78, 5) is 13.6. The summed E-state index contributed by atoms with van der Waals surface area (Å²) in [5.74, 6) is 7.25. The molecule has 0 aromatic carbocycles. The van der Waals surface area contributed by atoms with E-state index in [0.717, 1.165) is 49.9 Å². The van der Waals surface area contributed by atoms with Crippen LogP contribution in [0.5, 0.6) is 0 Å². The third-order valence-electron chi connectivity index (χ3n) is 4.75. The second kappa shape index (κ2) is 7.29. The Kier molecular flexibility index (Phi) is 4.87. The number of hydrogen-bond acceptors (Lipinski definition) is 7. The lowest BCUT2D eigenvalue weighted by Crippen LogP contribution is -2.17. The van der Waals surface area contributed by atoms with Crippen molar-refractivity contribution in [3.8, 4) is 6.07 Å². The van der Waals surface area contributed by atoms with Crippen LogP contribution >= 0.6 is 23.1 Å². The molecule has 2 aromatic rings. The van der Waals surface area contributed by atoms with Gasteiger partial charge in [-0.1, -0.05) is 18.2 Å². The maximum Gasteiger partial charge on any atom is 0.235 e. The highest BCUT2D eigenvalue weighted by Gasteiger charge is 2.30. The Morgan fingerprint density at radius 1 is 1.35 bits per heavy atom. The van der Waals surface area contributed by atoms with Crippen LogP contribution in [0.2, 0.25) is 0 Å². The molecule has 1 saturated carbocycles. The molecule has 1 amide bonds. The van der Waals surface area contributed by atoms with Crippen LogP contribution in [-0.2, 0) is 17.6 Å². The molecule has 1 fully saturated rings. The predicted octanol–water partition coefficient (Wildman–Crippen LogP) is 2.80. The molecule has 136 valence electrons. The number of anilines is 1. The molecule has 0 bridgehead atoms. The lowest BCUT2D eigenvalue weighted by Gasteiger charge is -2.04. The van der Waals surface area contributed by atoms with E-state index in [0.29, 0.717) is 21.6 Å². The first-order valence-electron chi connectivity index (χ1n) is 8.85. The number of carbonyl (C=O) groups excluding carboxylic acids is 1. The summed E-state index contributed by atoms with van der Waals surface area (Å²) in [6.45, 7) is 0. The van der Waals surface area contributed by atoms with Gasteiger partial charge in [-0.15, -0.1) is 21.5 Å². The van der Waals surface area contributed by atoms with Gasteiger partial charge in [0, 0.05) is 10.8 Å². The number of carbonyl (C=O) groups is 1. The van der Waals surface area contributed by atoms with Crippen LogP contribution in [0.3, 0.4) is 0 Å². The molecule has 0 unspecified atom stereocenters. The summed E-state index contributed by atoms with van der Waals surface area (Å²) in [6.07, 6.45) is 7.58. The zero-order valence-corrected chi connectivity index (χ0v) is 16.0. The van der Waals surface area contributed by atoms with Crippen molar-refractivity contribution in [3.63, 3.8) is 0 Å². The second-order valence-corrected chi connectivity index (χ2v) is 8.75. The number of hydrogen-bond donors (Lipinski definition) is 2. The lowest BCUT2D eigenvalue weighted by molar-refractivity contribution is -0.113. The molecule has 0 saturated heterocycles. The fraction of sp³-hybridized carbons (Fsp3) is 0.529. The van der Waals surface area contributed by atoms with Gasteiger partial charge >= 0.3 is 0 Å². The van der Waals surface area contributed by atoms with E-state index in [1.54, 1.807) is 11.3 Å². The fourth-order valence-electron chi connectivity index (χ4n) is 3.25. The SMILES string of the molecule is N#Cc1c(NC(=O)CSc2nnc(C3CC3)n2N)sc2c1CCCCC2. The minimum absolute atomic E-state index is 0.154. The van der Waals surface area contributed by atoms with Crippen LogP contribution in [-0.4, -0.2) is 26.5 Å². The smallest absolute Gasteiger partial charge is 0.235 e. The van der Waals surface area contributed by atoms with Gasteiger partial charge in [0.05, 0.1) is 11.3 Å². The number of nitrogen functional groups attached to an aromatic ring is 1. The number of thioether (sulfide) groups is 1. The summed E-state index contributed by atoms with van der Waals surface area (Å²) in [5.41, 5.74) is 1.77. The van der Waals surface area contributed by atoms with Crippen molar-refractivity contribution < 1.29 is 4.79 Å². The zero-order valence-electron chi connectivity index (χ0n) is 14.3. The zero-order chi connectivity index (χ0) is 18.1. The summed E-state index contributed by atoms with van der Waals surface area (Å²) < 4.78 is 1.49. The van der Waals surface area contributed by atoms with Crippen molar-refractivity contribution in [2.45, 2.75) is 56.0 Å². The van der Waals surface area contributed by atoms with Gasteiger partial charge in [0.1, 0.15) is 11.1 Å². The van der Waals surface area contributed by atoms with E-state index < -0.39 is 0 Å². The molecule has 2 aliphatic carbocycles. The molecule has 2 aliphatic rings. The number of aromatic nitrogens is 3. The van der Waals surface area contributed by atoms with E-state index in [1.807, 2.05) is 0 Å². The van der Waals surface area contributed by atoms with Crippen LogP contribution < -0.4 is 11.2 Å². The summed E-state index contributed by atoms with van der Waals surface area (Å²) >= 11 is 2.81. The van der Waals surface area contributed by atoms with Crippen LogP contribution in [0.15, 0.2) is 5.16 Å². The number of nitrogens with zero attached hydrogens (tertiary/aromatic N) is 4. The Bertz CT molecular complexity index is 877. The summed E-state index contributed by atoms with van der Waals surface area (Å²) in [6, 6.07) is 2.28. The molecule has 9 heteroatoms. The Morgan fingerprint density at radius 3 is 2.92 bits per heavy atom. The van der Waals surface area contributed by atoms with Gasteiger partial charge in [0.15, 0.2) is 5.82 Å². The number of fused-ring (bicyclic) bond motifs is 1. The fourth-order valence-corrected chi connectivity index (χ4v) is 5.17. The number of amides is 1. The Labute approximate surface area is 159 Å². The summed E-state index contributed by atoms with van der Waals surface area (Å²) in [7, 11) is 0. The number of rotatable bonds is 5. The van der Waals surface area contributed by atoms with E-state index in [1.165, 1.54) is 27.7 Å². The van der Waals surface area contributed by atoms with E-state index >= 15 is 0 Å².